The van der Waals surface area contributed by atoms with Gasteiger partial charge in [0, 0.05) is 5.92 Å². The molecule has 0 spiro atoms. The number of aromatic hydroxyl groups is 1. The predicted molar refractivity (Wildman–Crippen MR) is 109 cm³/mol. The smallest absolute Gasteiger partial charge is 0.235 e. The van der Waals surface area contributed by atoms with Crippen molar-refractivity contribution in [3.8, 4) is 5.75 Å². The Kier molecular flexibility index (Phi) is 4.92. The summed E-state index contributed by atoms with van der Waals surface area (Å²) < 4.78 is 0. The molecule has 2 saturated carbocycles. The van der Waals surface area contributed by atoms with Gasteiger partial charge in [-0.2, -0.15) is 0 Å². The number of fused-ring (bicyclic) bond motifs is 3. The largest absolute Gasteiger partial charge is 0.507 e. The fraction of sp³-hybridized carbons (Fsp3) is 0.500. The lowest BCUT2D eigenvalue weighted by Crippen LogP contribution is -2.78. The van der Waals surface area contributed by atoms with Crippen molar-refractivity contribution >= 4 is 29.0 Å². The molecule has 8 atom stereocenters. The Morgan fingerprint density at radius 2 is 1.67 bits per heavy atom. The average Bonchev–Trinajstić information content (AvgIpc) is 2.70. The van der Waals surface area contributed by atoms with Crippen molar-refractivity contribution in [2.75, 3.05) is 14.1 Å². The molecule has 33 heavy (non-hydrogen) atoms. The summed E-state index contributed by atoms with van der Waals surface area (Å²) in [6, 6.07) is 2.40. The zero-order chi connectivity index (χ0) is 24.8. The number of nitrogens with two attached hydrogens (primary N) is 1. The maximum atomic E-state index is 13.7. The number of ketones is 4. The first-order valence-electron chi connectivity index (χ1n) is 10.3. The molecule has 2 fully saturated rings. The molecule has 11 nitrogen and oxygen atoms in total. The van der Waals surface area contributed by atoms with E-state index in [9.17, 15) is 44.4 Å². The summed E-state index contributed by atoms with van der Waals surface area (Å²) in [4.78, 5) is 66.4. The second kappa shape index (κ2) is 7.00. The number of hydrogen-bond donors (Lipinski definition) is 5. The van der Waals surface area contributed by atoms with Crippen LogP contribution in [0.4, 0.5) is 0 Å². The van der Waals surface area contributed by atoms with Gasteiger partial charge in [-0.25, -0.2) is 0 Å². The summed E-state index contributed by atoms with van der Waals surface area (Å²) in [5.74, 6) is -14.2. The van der Waals surface area contributed by atoms with Gasteiger partial charge in [0.1, 0.15) is 5.75 Å². The van der Waals surface area contributed by atoms with Crippen LogP contribution in [0.25, 0.3) is 0 Å². The van der Waals surface area contributed by atoms with Gasteiger partial charge in [-0.3, -0.25) is 28.9 Å². The second-order valence-corrected chi connectivity index (χ2v) is 9.37. The molecule has 176 valence electrons. The average molecular weight is 460 g/mol. The lowest BCUT2D eigenvalue weighted by molar-refractivity contribution is -0.210. The molecule has 0 aliphatic heterocycles. The standard InChI is InChI=1S/C22H24N2O9/c1-21(32)7-5-4-6-8(25)9(7)15(26)10-12(21)17(28)13-14(24(2)3)16(27)11(20(23)31)19(30)22(13,33)18(10)29/h4-6,10-14,17,25,28,32-33H,1-3H3,(H2,23,31)/t10-,11+,12-,13-,14+,17+,21-,22+/m1/s1. The van der Waals surface area contributed by atoms with E-state index in [1.165, 1.54) is 44.1 Å². The number of benzene rings is 1. The highest BCUT2D eigenvalue weighted by Crippen LogP contribution is 2.55. The van der Waals surface area contributed by atoms with Gasteiger partial charge in [-0.1, -0.05) is 12.1 Å². The SMILES string of the molecule is CN(C)[C@@H]1C(=O)[C@H](C(N)=O)C(=O)[C@@]2(O)C(=O)[C@H]3C(=O)c4c(O)cccc4[C@@](C)(O)[C@H]3[C@H](O)[C@@H]12. The maximum absolute atomic E-state index is 13.7. The number of carbonyl (C=O) groups excluding carboxylic acids is 5. The van der Waals surface area contributed by atoms with Crippen LogP contribution >= 0.6 is 0 Å². The van der Waals surface area contributed by atoms with Gasteiger partial charge in [-0.05, 0) is 32.6 Å². The van der Waals surface area contributed by atoms with E-state index in [0.717, 1.165) is 0 Å². The van der Waals surface area contributed by atoms with E-state index >= 15 is 0 Å². The summed E-state index contributed by atoms with van der Waals surface area (Å²) in [7, 11) is 2.77. The minimum absolute atomic E-state index is 0.0454. The first-order chi connectivity index (χ1) is 15.2. The first kappa shape index (κ1) is 23.2. The van der Waals surface area contributed by atoms with Crippen LogP contribution in [-0.2, 0) is 24.8 Å². The van der Waals surface area contributed by atoms with E-state index in [0.29, 0.717) is 0 Å². The van der Waals surface area contributed by atoms with Crippen LogP contribution in [0, 0.1) is 23.7 Å². The van der Waals surface area contributed by atoms with Crippen LogP contribution < -0.4 is 5.73 Å². The van der Waals surface area contributed by atoms with Gasteiger partial charge in [0.25, 0.3) is 0 Å². The van der Waals surface area contributed by atoms with E-state index in [4.69, 9.17) is 5.73 Å². The molecule has 0 radical (unpaired) electrons. The Bertz CT molecular complexity index is 1130. The Labute approximate surface area is 187 Å². The minimum atomic E-state index is -3.10. The highest BCUT2D eigenvalue weighted by molar-refractivity contribution is 6.32. The molecule has 0 bridgehead atoms. The molecule has 1 aromatic rings. The Morgan fingerprint density at radius 3 is 2.21 bits per heavy atom. The molecule has 0 heterocycles. The molecule has 4 rings (SSSR count). The lowest BCUT2D eigenvalue weighted by Gasteiger charge is -2.57. The zero-order valence-corrected chi connectivity index (χ0v) is 18.1. The molecule has 11 heteroatoms. The van der Waals surface area contributed by atoms with Crippen molar-refractivity contribution in [3.63, 3.8) is 0 Å². The molecule has 6 N–H and O–H groups in total. The molecule has 3 aliphatic carbocycles. The number of aliphatic hydroxyl groups is 3. The fourth-order valence-corrected chi connectivity index (χ4v) is 5.97. The number of aliphatic hydroxyl groups excluding tert-OH is 1. The number of amides is 1. The summed E-state index contributed by atoms with van der Waals surface area (Å²) in [6.45, 7) is 1.24. The quantitative estimate of drug-likeness (QED) is 0.294. The van der Waals surface area contributed by atoms with E-state index in [2.05, 4.69) is 0 Å². The lowest BCUT2D eigenvalue weighted by atomic mass is 9.48. The number of phenolic OH excluding ortho intramolecular Hbond substituents is 1. The van der Waals surface area contributed by atoms with Crippen molar-refractivity contribution in [3.05, 3.63) is 29.3 Å². The summed E-state index contributed by atoms with van der Waals surface area (Å²) in [5, 5.41) is 44.5. The molecule has 0 aromatic heterocycles. The van der Waals surface area contributed by atoms with Crippen LogP contribution in [0.1, 0.15) is 22.8 Å². The molecule has 0 saturated heterocycles. The molecule has 0 unspecified atom stereocenters. The Morgan fingerprint density at radius 1 is 1.06 bits per heavy atom. The van der Waals surface area contributed by atoms with Crippen molar-refractivity contribution < 1.29 is 44.4 Å². The third kappa shape index (κ3) is 2.67. The number of likely N-dealkylation sites (N-methyl/N-ethyl adjacent to an activating group) is 1. The summed E-state index contributed by atoms with van der Waals surface area (Å²) in [5.41, 5.74) is -0.350. The second-order valence-electron chi connectivity index (χ2n) is 9.37. The number of carbonyl (C=O) groups is 5. The van der Waals surface area contributed by atoms with Crippen molar-refractivity contribution in [1.29, 1.82) is 0 Å². The monoisotopic (exact) mass is 460 g/mol. The molecular weight excluding hydrogens is 436 g/mol. The van der Waals surface area contributed by atoms with Crippen molar-refractivity contribution in [2.24, 2.45) is 29.4 Å². The fourth-order valence-electron chi connectivity index (χ4n) is 5.97. The van der Waals surface area contributed by atoms with Crippen LogP contribution in [0.5, 0.6) is 5.75 Å². The topological polar surface area (TPSA) is 196 Å². The Hall–Kier alpha value is -2.99. The normalized spacial score (nSPS) is 40.3. The van der Waals surface area contributed by atoms with Crippen LogP contribution in [0.3, 0.4) is 0 Å². The number of rotatable bonds is 2. The minimum Gasteiger partial charge on any atom is -0.507 e. The van der Waals surface area contributed by atoms with Gasteiger partial charge in [0.2, 0.25) is 5.91 Å². The third-order valence-electron chi connectivity index (χ3n) is 7.40. The zero-order valence-electron chi connectivity index (χ0n) is 18.1. The van der Waals surface area contributed by atoms with Gasteiger partial charge in [0.15, 0.2) is 34.7 Å². The Balaban J connectivity index is 2.01. The van der Waals surface area contributed by atoms with Gasteiger partial charge in [0.05, 0.1) is 35.1 Å². The van der Waals surface area contributed by atoms with Crippen LogP contribution in [-0.4, -0.2) is 86.2 Å². The number of nitrogens with zero attached hydrogens (tertiary/aromatic N) is 1. The summed E-state index contributed by atoms with van der Waals surface area (Å²) in [6.07, 6.45) is -1.90. The highest BCUT2D eigenvalue weighted by Gasteiger charge is 2.74. The third-order valence-corrected chi connectivity index (χ3v) is 7.40. The molecule has 1 amide bonds. The molecule has 1 aromatic carbocycles. The van der Waals surface area contributed by atoms with Gasteiger partial charge >= 0.3 is 0 Å². The van der Waals surface area contributed by atoms with Crippen LogP contribution in [0.15, 0.2) is 18.2 Å². The first-order valence-corrected chi connectivity index (χ1v) is 10.3. The number of phenols is 1. The maximum Gasteiger partial charge on any atom is 0.235 e. The number of Topliss-reactive ketones (excluding diaryl/α,β-unsaturated/α-hetero) is 4. The van der Waals surface area contributed by atoms with E-state index in [1.54, 1.807) is 0 Å². The van der Waals surface area contributed by atoms with Gasteiger partial charge in [-0.15, -0.1) is 0 Å². The molecule has 3 aliphatic rings. The predicted octanol–water partition coefficient (Wildman–Crippen LogP) is -2.50. The van der Waals surface area contributed by atoms with Crippen molar-refractivity contribution in [1.82, 2.24) is 4.90 Å². The summed E-state index contributed by atoms with van der Waals surface area (Å²) >= 11 is 0. The van der Waals surface area contributed by atoms with E-state index in [-0.39, 0.29) is 11.1 Å². The van der Waals surface area contributed by atoms with Gasteiger partial charge < -0.3 is 26.2 Å². The highest BCUT2D eigenvalue weighted by atomic mass is 16.3. The van der Waals surface area contributed by atoms with E-state index in [1.807, 2.05) is 0 Å². The van der Waals surface area contributed by atoms with Crippen molar-refractivity contribution in [2.45, 2.75) is 30.3 Å². The van der Waals surface area contributed by atoms with Crippen LogP contribution in [0.2, 0.25) is 0 Å². The number of primary amides is 1. The number of hydrogen-bond acceptors (Lipinski definition) is 10. The molecular formula is C22H24N2O9. The van der Waals surface area contributed by atoms with E-state index < -0.39 is 81.8 Å².